The summed E-state index contributed by atoms with van der Waals surface area (Å²) in [5, 5.41) is 0.511. The Kier molecular flexibility index (Phi) is 3.20. The molecule has 0 atom stereocenters. The smallest absolute Gasteiger partial charge is 0.197 e. The lowest BCUT2D eigenvalue weighted by molar-refractivity contribution is 0.543. The maximum atomic E-state index is 6.19. The molecule has 0 saturated carbocycles. The molecule has 0 spiro atoms. The number of hydrogen-bond acceptors (Lipinski definition) is 3. The highest BCUT2D eigenvalue weighted by molar-refractivity contribution is 6.30. The molecule has 0 aliphatic heterocycles. The van der Waals surface area contributed by atoms with Gasteiger partial charge in [-0.15, -0.1) is 0 Å². The number of aryl methyl sites for hydroxylation is 2. The first kappa shape index (κ1) is 12.1. The molecule has 0 N–H and O–H groups in total. The molecule has 0 aliphatic rings. The number of aromatic nitrogens is 2. The summed E-state index contributed by atoms with van der Waals surface area (Å²) in [6.07, 6.45) is 0. The minimum Gasteiger partial charge on any atom is -0.458 e. The Balaban J connectivity index is 2.52. The van der Waals surface area contributed by atoms with Crippen LogP contribution in [0.25, 0.3) is 11.6 Å². The summed E-state index contributed by atoms with van der Waals surface area (Å²) in [4.78, 5) is 8.75. The van der Waals surface area contributed by atoms with Gasteiger partial charge in [0.1, 0.15) is 10.9 Å². The van der Waals surface area contributed by atoms with Crippen molar-refractivity contribution in [1.29, 1.82) is 0 Å². The predicted molar refractivity (Wildman–Crippen MR) is 68.3 cm³/mol. The number of halogens is 1. The van der Waals surface area contributed by atoms with Crippen LogP contribution in [0.15, 0.2) is 16.5 Å². The van der Waals surface area contributed by atoms with Gasteiger partial charge in [0.15, 0.2) is 11.6 Å². The summed E-state index contributed by atoms with van der Waals surface area (Å²) in [5.74, 6) is 2.35. The molecule has 17 heavy (non-hydrogen) atoms. The van der Waals surface area contributed by atoms with Gasteiger partial charge in [0.25, 0.3) is 0 Å². The van der Waals surface area contributed by atoms with Crippen LogP contribution in [-0.4, -0.2) is 9.97 Å². The van der Waals surface area contributed by atoms with Gasteiger partial charge in [-0.25, -0.2) is 9.97 Å². The van der Waals surface area contributed by atoms with E-state index in [-0.39, 0.29) is 0 Å². The second kappa shape index (κ2) is 4.49. The molecule has 0 unspecified atom stereocenters. The number of furan rings is 1. The van der Waals surface area contributed by atoms with Crippen LogP contribution < -0.4 is 0 Å². The van der Waals surface area contributed by atoms with Crippen molar-refractivity contribution >= 4 is 11.6 Å². The zero-order valence-corrected chi connectivity index (χ0v) is 11.2. The van der Waals surface area contributed by atoms with Gasteiger partial charge in [-0.2, -0.15) is 0 Å². The average Bonchev–Trinajstić information content (AvgIpc) is 2.63. The molecule has 0 amide bonds. The molecule has 0 fully saturated rings. The summed E-state index contributed by atoms with van der Waals surface area (Å²) in [6.45, 7) is 7.99. The minimum absolute atomic E-state index is 0.315. The molecule has 0 radical (unpaired) electrons. The second-order valence-electron chi connectivity index (χ2n) is 4.40. The molecule has 3 nitrogen and oxygen atoms in total. The molecule has 2 heterocycles. The Morgan fingerprint density at radius 2 is 1.88 bits per heavy atom. The monoisotopic (exact) mass is 250 g/mol. The molecule has 4 heteroatoms. The van der Waals surface area contributed by atoms with Crippen LogP contribution in [0.1, 0.15) is 36.8 Å². The Morgan fingerprint density at radius 3 is 2.35 bits per heavy atom. The number of hydrogen-bond donors (Lipinski definition) is 0. The van der Waals surface area contributed by atoms with Crippen LogP contribution in [-0.2, 0) is 0 Å². The maximum Gasteiger partial charge on any atom is 0.197 e. The Morgan fingerprint density at radius 1 is 1.18 bits per heavy atom. The SMILES string of the molecule is Cc1ccc(-c2nc(C)c(C(C)C)c(Cl)n2)o1. The van der Waals surface area contributed by atoms with E-state index in [9.17, 15) is 0 Å². The number of rotatable bonds is 2. The number of nitrogens with zero attached hydrogens (tertiary/aromatic N) is 2. The van der Waals surface area contributed by atoms with Crippen molar-refractivity contribution in [2.45, 2.75) is 33.6 Å². The van der Waals surface area contributed by atoms with Crippen molar-refractivity contribution < 1.29 is 4.42 Å². The Bertz CT molecular complexity index is 523. The van der Waals surface area contributed by atoms with Crippen LogP contribution in [0.2, 0.25) is 5.15 Å². The van der Waals surface area contributed by atoms with Gasteiger partial charge in [-0.05, 0) is 31.9 Å². The normalized spacial score (nSPS) is 11.2. The molecule has 2 aromatic heterocycles. The quantitative estimate of drug-likeness (QED) is 0.753. The van der Waals surface area contributed by atoms with Crippen LogP contribution in [0, 0.1) is 13.8 Å². The lowest BCUT2D eigenvalue weighted by atomic mass is 10.0. The van der Waals surface area contributed by atoms with E-state index in [0.717, 1.165) is 17.0 Å². The summed E-state index contributed by atoms with van der Waals surface area (Å²) in [6, 6.07) is 3.74. The van der Waals surface area contributed by atoms with E-state index >= 15 is 0 Å². The van der Waals surface area contributed by atoms with Gasteiger partial charge in [0, 0.05) is 11.3 Å². The Labute approximate surface area is 106 Å². The molecular formula is C13H15ClN2O. The van der Waals surface area contributed by atoms with Gasteiger partial charge < -0.3 is 4.42 Å². The summed E-state index contributed by atoms with van der Waals surface area (Å²) >= 11 is 6.19. The van der Waals surface area contributed by atoms with Crippen molar-refractivity contribution in [3.05, 3.63) is 34.3 Å². The van der Waals surface area contributed by atoms with Gasteiger partial charge in [0.05, 0.1) is 0 Å². The third-order valence-corrected chi connectivity index (χ3v) is 2.92. The highest BCUT2D eigenvalue weighted by Crippen LogP contribution is 2.28. The van der Waals surface area contributed by atoms with E-state index in [1.54, 1.807) is 0 Å². The van der Waals surface area contributed by atoms with E-state index < -0.39 is 0 Å². The van der Waals surface area contributed by atoms with Gasteiger partial charge in [-0.3, -0.25) is 0 Å². The standard InChI is InChI=1S/C13H15ClN2O/c1-7(2)11-9(4)15-13(16-12(11)14)10-6-5-8(3)17-10/h5-7H,1-4H3. The topological polar surface area (TPSA) is 38.9 Å². The molecular weight excluding hydrogens is 236 g/mol. The second-order valence-corrected chi connectivity index (χ2v) is 4.76. The first-order chi connectivity index (χ1) is 7.99. The van der Waals surface area contributed by atoms with Crippen LogP contribution in [0.5, 0.6) is 0 Å². The molecule has 90 valence electrons. The molecule has 0 saturated heterocycles. The first-order valence-electron chi connectivity index (χ1n) is 5.60. The maximum absolute atomic E-state index is 6.19. The fraction of sp³-hybridized carbons (Fsp3) is 0.385. The highest BCUT2D eigenvalue weighted by atomic mass is 35.5. The summed E-state index contributed by atoms with van der Waals surface area (Å²) in [5.41, 5.74) is 1.91. The van der Waals surface area contributed by atoms with E-state index in [1.165, 1.54) is 0 Å². The highest BCUT2D eigenvalue weighted by Gasteiger charge is 2.15. The van der Waals surface area contributed by atoms with E-state index in [0.29, 0.717) is 22.7 Å². The first-order valence-corrected chi connectivity index (χ1v) is 5.97. The Hall–Kier alpha value is -1.35. The van der Waals surface area contributed by atoms with Crippen molar-refractivity contribution in [2.24, 2.45) is 0 Å². The minimum atomic E-state index is 0.315. The van der Waals surface area contributed by atoms with Crippen molar-refractivity contribution in [1.82, 2.24) is 9.97 Å². The van der Waals surface area contributed by atoms with Crippen LogP contribution in [0.3, 0.4) is 0 Å². The molecule has 0 bridgehead atoms. The molecule has 0 aromatic carbocycles. The van der Waals surface area contributed by atoms with Gasteiger partial charge in [0.2, 0.25) is 0 Å². The van der Waals surface area contributed by atoms with Crippen molar-refractivity contribution in [2.75, 3.05) is 0 Å². The predicted octanol–water partition coefficient (Wildman–Crippen LogP) is 4.13. The lowest BCUT2D eigenvalue weighted by Crippen LogP contribution is -2.01. The van der Waals surface area contributed by atoms with E-state index in [2.05, 4.69) is 23.8 Å². The van der Waals surface area contributed by atoms with Gasteiger partial charge in [-0.1, -0.05) is 25.4 Å². The van der Waals surface area contributed by atoms with Crippen molar-refractivity contribution in [3.8, 4) is 11.6 Å². The summed E-state index contributed by atoms with van der Waals surface area (Å²) < 4.78 is 5.50. The largest absolute Gasteiger partial charge is 0.458 e. The lowest BCUT2D eigenvalue weighted by Gasteiger charge is -2.11. The summed E-state index contributed by atoms with van der Waals surface area (Å²) in [7, 11) is 0. The van der Waals surface area contributed by atoms with E-state index in [1.807, 2.05) is 26.0 Å². The zero-order valence-electron chi connectivity index (χ0n) is 10.4. The van der Waals surface area contributed by atoms with E-state index in [4.69, 9.17) is 16.0 Å². The van der Waals surface area contributed by atoms with Gasteiger partial charge >= 0.3 is 0 Å². The van der Waals surface area contributed by atoms with Crippen LogP contribution in [0.4, 0.5) is 0 Å². The zero-order chi connectivity index (χ0) is 12.6. The fourth-order valence-electron chi connectivity index (χ4n) is 1.87. The van der Waals surface area contributed by atoms with Crippen molar-refractivity contribution in [3.63, 3.8) is 0 Å². The molecule has 0 aliphatic carbocycles. The third kappa shape index (κ3) is 2.34. The van der Waals surface area contributed by atoms with Crippen LogP contribution >= 0.6 is 11.6 Å². The third-order valence-electron chi connectivity index (χ3n) is 2.63. The average molecular weight is 251 g/mol. The fourth-order valence-corrected chi connectivity index (χ4v) is 2.30. The molecule has 2 rings (SSSR count). The molecule has 2 aromatic rings.